The molecule has 4 nitrogen and oxygen atoms in total. The molecule has 1 saturated heterocycles. The van der Waals surface area contributed by atoms with Gasteiger partial charge in [0.15, 0.2) is 16.7 Å². The van der Waals surface area contributed by atoms with Gasteiger partial charge < -0.3 is 4.90 Å². The second kappa shape index (κ2) is 7.20. The summed E-state index contributed by atoms with van der Waals surface area (Å²) >= 11 is 1.96. The molecule has 0 unspecified atom stereocenters. The highest BCUT2D eigenvalue weighted by Gasteiger charge is 2.30. The summed E-state index contributed by atoms with van der Waals surface area (Å²) in [4.78, 5) is 6.08. The van der Waals surface area contributed by atoms with E-state index in [1.165, 1.54) is 33.2 Å². The van der Waals surface area contributed by atoms with E-state index < -0.39 is 0 Å². The molecule has 0 spiro atoms. The topological polar surface area (TPSA) is 16.4 Å². The van der Waals surface area contributed by atoms with E-state index in [0.29, 0.717) is 0 Å². The lowest BCUT2D eigenvalue weighted by Gasteiger charge is -2.16. The normalized spacial score (nSPS) is 20.1. The summed E-state index contributed by atoms with van der Waals surface area (Å²) < 4.78 is 4.83. The molecule has 2 aromatic rings. The van der Waals surface area contributed by atoms with Crippen LogP contribution >= 0.6 is 11.8 Å². The number of nitrogens with zero attached hydrogens (tertiary/aromatic N) is 4. The van der Waals surface area contributed by atoms with Crippen LogP contribution in [-0.4, -0.2) is 28.3 Å². The van der Waals surface area contributed by atoms with E-state index in [1.54, 1.807) is 0 Å². The molecule has 0 amide bonds. The monoisotopic (exact) mass is 365 g/mol. The molecule has 5 heteroatoms. The largest absolute Gasteiger partial charge is 0.366 e. The number of allylic oxidation sites excluding steroid dienone is 3. The molecule has 0 N–H and O–H groups in total. The Balaban J connectivity index is 1.84. The van der Waals surface area contributed by atoms with E-state index in [9.17, 15) is 0 Å². The minimum atomic E-state index is 0.722. The Kier molecular flexibility index (Phi) is 4.78. The lowest BCUT2D eigenvalue weighted by atomic mass is 10.1. The summed E-state index contributed by atoms with van der Waals surface area (Å²) in [5.41, 5.74) is 4.56. The molecule has 1 aromatic heterocycles. The first-order valence-electron chi connectivity index (χ1n) is 9.49. The Morgan fingerprint density at radius 3 is 2.92 bits per heavy atom. The molecule has 3 heterocycles. The standard InChI is InChI=1S/C21H25N4S/c1-4-23-13-14-26-20(23)11-8-16-7-6-12-25-19-15-17(22-3)9-10-18(19)24(5-2)21(16)25/h8-11,15H,4-7,12-14H2,1-2H3/q+1. The fraction of sp³-hybridized carbons (Fsp3) is 0.429. The third-order valence-electron chi connectivity index (χ3n) is 5.34. The first-order valence-corrected chi connectivity index (χ1v) is 10.5. The lowest BCUT2D eigenvalue weighted by molar-refractivity contribution is -0.671. The van der Waals surface area contributed by atoms with E-state index in [0.717, 1.165) is 44.7 Å². The van der Waals surface area contributed by atoms with Crippen LogP contribution < -0.4 is 4.57 Å². The van der Waals surface area contributed by atoms with Gasteiger partial charge in [-0.2, -0.15) is 0 Å². The number of benzene rings is 1. The average Bonchev–Trinajstić information content (AvgIpc) is 3.27. The van der Waals surface area contributed by atoms with Crippen LogP contribution in [0.1, 0.15) is 32.5 Å². The molecule has 0 saturated carbocycles. The SMILES string of the molecule is [C-]#[N+]c1ccc2c(c1)n1c([n+]2CC)C(=CC=C2SCCN2CC)CCC1. The first-order chi connectivity index (χ1) is 12.8. The van der Waals surface area contributed by atoms with Crippen molar-refractivity contribution in [2.75, 3.05) is 18.8 Å². The molecular weight excluding hydrogens is 340 g/mol. The molecule has 2 aliphatic heterocycles. The summed E-state index contributed by atoms with van der Waals surface area (Å²) in [6, 6.07) is 6.09. The number of aryl methyl sites for hydroxylation is 2. The number of imidazole rings is 1. The van der Waals surface area contributed by atoms with Gasteiger partial charge in [0.1, 0.15) is 0 Å². The molecule has 0 atom stereocenters. The van der Waals surface area contributed by atoms with Crippen molar-refractivity contribution < 1.29 is 4.57 Å². The molecule has 4 rings (SSSR count). The molecule has 1 fully saturated rings. The molecule has 0 bridgehead atoms. The lowest BCUT2D eigenvalue weighted by Crippen LogP contribution is -2.37. The molecule has 26 heavy (non-hydrogen) atoms. The molecule has 0 aliphatic carbocycles. The van der Waals surface area contributed by atoms with E-state index in [2.05, 4.69) is 50.9 Å². The third-order valence-corrected chi connectivity index (χ3v) is 6.42. The van der Waals surface area contributed by atoms with Crippen molar-refractivity contribution >= 4 is 34.1 Å². The Morgan fingerprint density at radius 2 is 2.15 bits per heavy atom. The Bertz CT molecular complexity index is 945. The van der Waals surface area contributed by atoms with Gasteiger partial charge in [0.25, 0.3) is 5.82 Å². The van der Waals surface area contributed by atoms with E-state index in [4.69, 9.17) is 6.57 Å². The van der Waals surface area contributed by atoms with Crippen LogP contribution in [0.4, 0.5) is 5.69 Å². The van der Waals surface area contributed by atoms with Crippen molar-refractivity contribution in [3.8, 4) is 0 Å². The highest BCUT2D eigenvalue weighted by Crippen LogP contribution is 2.32. The summed E-state index contributed by atoms with van der Waals surface area (Å²) in [5.74, 6) is 2.51. The summed E-state index contributed by atoms with van der Waals surface area (Å²) in [5, 5.41) is 1.39. The highest BCUT2D eigenvalue weighted by molar-refractivity contribution is 8.03. The zero-order chi connectivity index (χ0) is 18.1. The fourth-order valence-electron chi connectivity index (χ4n) is 4.09. The molecule has 134 valence electrons. The van der Waals surface area contributed by atoms with E-state index >= 15 is 0 Å². The van der Waals surface area contributed by atoms with Crippen LogP contribution in [0, 0.1) is 6.57 Å². The van der Waals surface area contributed by atoms with Crippen LogP contribution in [-0.2, 0) is 13.1 Å². The van der Waals surface area contributed by atoms with Gasteiger partial charge in [0.05, 0.1) is 24.7 Å². The fourth-order valence-corrected chi connectivity index (χ4v) is 5.18. The zero-order valence-electron chi connectivity index (χ0n) is 15.5. The van der Waals surface area contributed by atoms with Gasteiger partial charge in [-0.15, -0.1) is 11.8 Å². The van der Waals surface area contributed by atoms with E-state index in [1.807, 2.05) is 23.9 Å². The molecule has 1 aromatic carbocycles. The van der Waals surface area contributed by atoms with Gasteiger partial charge >= 0.3 is 0 Å². The van der Waals surface area contributed by atoms with Crippen molar-refractivity contribution in [1.82, 2.24) is 9.47 Å². The van der Waals surface area contributed by atoms with Crippen molar-refractivity contribution in [1.29, 1.82) is 0 Å². The number of rotatable bonds is 3. The van der Waals surface area contributed by atoms with Gasteiger partial charge in [0.2, 0.25) is 0 Å². The molecule has 2 aliphatic rings. The minimum Gasteiger partial charge on any atom is -0.366 e. The van der Waals surface area contributed by atoms with Gasteiger partial charge in [-0.25, -0.2) is 14.0 Å². The predicted molar refractivity (Wildman–Crippen MR) is 109 cm³/mol. The summed E-state index contributed by atoms with van der Waals surface area (Å²) in [6.45, 7) is 16.0. The molecular formula is C21H25N4S+. The number of aromatic nitrogens is 2. The maximum atomic E-state index is 7.33. The number of hydrogen-bond donors (Lipinski definition) is 0. The third kappa shape index (κ3) is 2.83. The maximum Gasteiger partial charge on any atom is 0.285 e. The van der Waals surface area contributed by atoms with Crippen LogP contribution in [0.3, 0.4) is 0 Å². The second-order valence-corrected chi connectivity index (χ2v) is 7.85. The Morgan fingerprint density at radius 1 is 1.27 bits per heavy atom. The Hall–Kier alpha value is -2.19. The quantitative estimate of drug-likeness (QED) is 0.584. The first kappa shape index (κ1) is 17.2. The smallest absolute Gasteiger partial charge is 0.285 e. The highest BCUT2D eigenvalue weighted by atomic mass is 32.2. The van der Waals surface area contributed by atoms with Crippen molar-refractivity contribution in [2.24, 2.45) is 0 Å². The predicted octanol–water partition coefficient (Wildman–Crippen LogP) is 4.59. The van der Waals surface area contributed by atoms with Crippen molar-refractivity contribution in [2.45, 2.75) is 39.8 Å². The van der Waals surface area contributed by atoms with E-state index in [-0.39, 0.29) is 0 Å². The average molecular weight is 366 g/mol. The number of hydrogen-bond acceptors (Lipinski definition) is 2. The van der Waals surface area contributed by atoms with Crippen LogP contribution in [0.5, 0.6) is 0 Å². The summed E-state index contributed by atoms with van der Waals surface area (Å²) in [6.07, 6.45) is 6.92. The molecule has 0 radical (unpaired) electrons. The van der Waals surface area contributed by atoms with Gasteiger partial charge in [-0.1, -0.05) is 6.07 Å². The van der Waals surface area contributed by atoms with Crippen LogP contribution in [0.15, 0.2) is 35.4 Å². The van der Waals surface area contributed by atoms with Crippen molar-refractivity contribution in [3.05, 3.63) is 52.6 Å². The number of fused-ring (bicyclic) bond motifs is 3. The van der Waals surface area contributed by atoms with Crippen LogP contribution in [0.2, 0.25) is 0 Å². The minimum absolute atomic E-state index is 0.722. The van der Waals surface area contributed by atoms with Gasteiger partial charge in [-0.05, 0) is 51.0 Å². The van der Waals surface area contributed by atoms with Crippen molar-refractivity contribution in [3.63, 3.8) is 0 Å². The van der Waals surface area contributed by atoms with Gasteiger partial charge in [-0.3, -0.25) is 0 Å². The maximum absolute atomic E-state index is 7.33. The van der Waals surface area contributed by atoms with Crippen LogP contribution in [0.25, 0.3) is 21.5 Å². The Labute approximate surface area is 159 Å². The van der Waals surface area contributed by atoms with Gasteiger partial charge in [0, 0.05) is 24.4 Å². The zero-order valence-corrected chi connectivity index (χ0v) is 16.4. The number of thioether (sulfide) groups is 1. The second-order valence-electron chi connectivity index (χ2n) is 6.73. The summed E-state index contributed by atoms with van der Waals surface area (Å²) in [7, 11) is 0.